The van der Waals surface area contributed by atoms with Crippen molar-refractivity contribution in [3.05, 3.63) is 363 Å². The van der Waals surface area contributed by atoms with Crippen LogP contribution in [0.2, 0.25) is 0 Å². The number of para-hydroxylation sites is 2. The van der Waals surface area contributed by atoms with Gasteiger partial charge in [-0.1, -0.05) is 249 Å². The molecule has 106 heavy (non-hydrogen) atoms. The number of fused-ring (bicyclic) bond motifs is 18. The smallest absolute Gasteiger partial charge is 0.229 e. The zero-order chi connectivity index (χ0) is 70.1. The van der Waals surface area contributed by atoms with Crippen molar-refractivity contribution in [2.75, 3.05) is 0 Å². The van der Waals surface area contributed by atoms with Gasteiger partial charge in [-0.3, -0.25) is 0 Å². The third-order valence-corrected chi connectivity index (χ3v) is 23.6. The lowest BCUT2D eigenvalue weighted by atomic mass is 9.95. The van der Waals surface area contributed by atoms with Gasteiger partial charge in [0, 0.05) is 83.4 Å². The Morgan fingerprint density at radius 1 is 0.226 bits per heavy atom. The zero-order valence-corrected chi connectivity index (χ0v) is 58.4. The fraction of sp³-hybridized carbons (Fsp3) is 0. The first kappa shape index (κ1) is 60.9. The molecule has 0 aliphatic carbocycles. The lowest BCUT2D eigenvalue weighted by molar-refractivity contribution is 0.668. The first-order valence-corrected chi connectivity index (χ1v) is 37.0. The first-order chi connectivity index (χ1) is 52.5. The van der Waals surface area contributed by atoms with Crippen molar-refractivity contribution in [2.24, 2.45) is 0 Å². The maximum Gasteiger partial charge on any atom is 0.229 e. The molecule has 0 saturated heterocycles. The van der Waals surface area contributed by atoms with E-state index in [-0.39, 0.29) is 0 Å². The van der Waals surface area contributed by atoms with E-state index in [0.29, 0.717) is 22.5 Å². The Morgan fingerprint density at radius 3 is 1.05 bits per heavy atom. The molecule has 6 nitrogen and oxygen atoms in total. The second-order valence-electron chi connectivity index (χ2n) is 27.1. The van der Waals surface area contributed by atoms with Crippen molar-refractivity contribution < 1.29 is 8.83 Å². The molecule has 22 rings (SSSR count). The van der Waals surface area contributed by atoms with E-state index >= 15 is 0 Å². The summed E-state index contributed by atoms with van der Waals surface area (Å²) in [7, 11) is 0. The molecule has 0 radical (unpaired) electrons. The number of hydrogen-bond donors (Lipinski definition) is 0. The topological polar surface area (TPSA) is 44.9 Å². The van der Waals surface area contributed by atoms with Crippen LogP contribution in [0, 0.1) is 13.1 Å². The van der Waals surface area contributed by atoms with Gasteiger partial charge in [-0.15, -0.1) is 22.7 Å². The molecule has 0 atom stereocenters. The predicted molar refractivity (Wildman–Crippen MR) is 447 cm³/mol. The summed E-state index contributed by atoms with van der Waals surface area (Å²) in [6.07, 6.45) is 0. The van der Waals surface area contributed by atoms with Gasteiger partial charge in [0.05, 0.1) is 46.6 Å². The third-order valence-electron chi connectivity index (χ3n) is 21.3. The molecule has 0 bridgehead atoms. The van der Waals surface area contributed by atoms with E-state index in [1.165, 1.54) is 106 Å². The molecule has 492 valence electrons. The minimum atomic E-state index is 0.509. The molecule has 8 heteroatoms. The maximum atomic E-state index is 8.14. The summed E-state index contributed by atoms with van der Waals surface area (Å²) in [5.41, 5.74) is 23.9. The second kappa shape index (κ2) is 24.4. The number of benzene rings is 16. The van der Waals surface area contributed by atoms with Crippen molar-refractivity contribution in [3.63, 3.8) is 0 Å². The van der Waals surface area contributed by atoms with Gasteiger partial charge in [-0.2, -0.15) is 0 Å². The minimum absolute atomic E-state index is 0.509. The molecule has 0 spiro atoms. The van der Waals surface area contributed by atoms with Gasteiger partial charge in [-0.05, 0) is 158 Å². The van der Waals surface area contributed by atoms with Crippen LogP contribution in [0.1, 0.15) is 0 Å². The molecule has 0 aliphatic heterocycles. The highest BCUT2D eigenvalue weighted by atomic mass is 32.1. The number of aromatic nitrogens is 2. The summed E-state index contributed by atoms with van der Waals surface area (Å²) in [6.45, 7) is 16.2. The van der Waals surface area contributed by atoms with E-state index in [2.05, 4.69) is 346 Å². The number of thiophene rings is 2. The molecule has 16 aromatic carbocycles. The highest BCUT2D eigenvalue weighted by Crippen LogP contribution is 2.51. The van der Waals surface area contributed by atoms with E-state index in [4.69, 9.17) is 22.0 Å². The summed E-state index contributed by atoms with van der Waals surface area (Å²) >= 11 is 3.64. The molecule has 0 fully saturated rings. The van der Waals surface area contributed by atoms with E-state index < -0.39 is 0 Å². The molecular weight excluding hydrogens is 1330 g/mol. The van der Waals surface area contributed by atoms with Crippen molar-refractivity contribution >= 4 is 162 Å². The quantitative estimate of drug-likeness (QED) is 0.142. The Morgan fingerprint density at radius 2 is 0.575 bits per heavy atom. The fourth-order valence-electron chi connectivity index (χ4n) is 16.4. The monoisotopic (exact) mass is 1380 g/mol. The molecule has 0 saturated carbocycles. The lowest BCUT2D eigenvalue weighted by Crippen LogP contribution is -1.94. The van der Waals surface area contributed by atoms with Gasteiger partial charge in [0.2, 0.25) is 11.4 Å². The number of furan rings is 2. The predicted octanol–water partition coefficient (Wildman–Crippen LogP) is 29.2. The van der Waals surface area contributed by atoms with Crippen LogP contribution in [0.4, 0.5) is 11.4 Å². The van der Waals surface area contributed by atoms with E-state index in [9.17, 15) is 0 Å². The van der Waals surface area contributed by atoms with Crippen LogP contribution in [-0.4, -0.2) is 9.13 Å². The van der Waals surface area contributed by atoms with Gasteiger partial charge in [0.25, 0.3) is 0 Å². The summed E-state index contributed by atoms with van der Waals surface area (Å²) < 4.78 is 23.5. The summed E-state index contributed by atoms with van der Waals surface area (Å²) in [5, 5.41) is 13.6. The first-order valence-electron chi connectivity index (χ1n) is 35.4. The Kier molecular flexibility index (Phi) is 14.0. The van der Waals surface area contributed by atoms with Gasteiger partial charge in [-0.25, -0.2) is 9.69 Å². The standard InChI is InChI=1S/2C49H28N2OS/c1-50-40-25-24-35(34-17-11-21-45-46(34)36-16-8-9-20-44(36)53-45)47-37-18-10-19-43(48(37)52-49(40)47)51-41-26-22-32(30-12-4-2-5-13-30)28-38(41)39-29-33(23-27-42(39)51)31-14-6-3-7-15-31;1-50-41-23-22-35(34-21-26-46-40(29-34)36-15-8-9-18-45(36)53-46)47-37-16-10-17-44(48(37)52-49(41)47)51-42-24-19-32(30-11-4-2-5-12-30)27-38(42)39-28-33(20-25-43(39)51)31-13-6-3-7-14-31/h2*2-29H. The molecule has 22 aromatic rings. The molecule has 0 aliphatic rings. The molecule has 6 aromatic heterocycles. The van der Waals surface area contributed by atoms with Crippen molar-refractivity contribution in [1.82, 2.24) is 9.13 Å². The van der Waals surface area contributed by atoms with Crippen LogP contribution in [-0.2, 0) is 0 Å². The van der Waals surface area contributed by atoms with Gasteiger partial charge >= 0.3 is 0 Å². The molecule has 6 heterocycles. The lowest BCUT2D eigenvalue weighted by Gasteiger charge is -2.10. The van der Waals surface area contributed by atoms with Crippen molar-refractivity contribution in [1.29, 1.82) is 0 Å². The molecule has 0 N–H and O–H groups in total. The number of hydrogen-bond acceptors (Lipinski definition) is 4. The fourth-order valence-corrected chi connectivity index (χ4v) is 18.7. The molecule has 0 amide bonds. The average molecular weight is 1390 g/mol. The van der Waals surface area contributed by atoms with E-state index in [0.717, 1.165) is 88.4 Å². The molecule has 0 unspecified atom stereocenters. The highest BCUT2D eigenvalue weighted by molar-refractivity contribution is 7.26. The van der Waals surface area contributed by atoms with Crippen LogP contribution >= 0.6 is 22.7 Å². The Balaban J connectivity index is 0.000000136. The minimum Gasteiger partial charge on any atom is -0.465 e. The average Bonchev–Trinajstić information content (AvgIpc) is 1.56. The maximum absolute atomic E-state index is 8.14. The summed E-state index contributed by atoms with van der Waals surface area (Å²) in [5.74, 6) is 0. The van der Waals surface area contributed by atoms with Crippen LogP contribution in [0.25, 0.3) is 216 Å². The SMILES string of the molecule is [C-]#[N+]c1ccc(-c2ccc3sc4ccccc4c3c2)c2c1oc1c(-n3c4ccc(-c5ccccc5)cc4c4cc(-c5ccccc5)ccc43)cccc12.[C-]#[N+]c1ccc(-c2cccc3sc4ccccc4c23)c2c1oc1c(-n3c4ccc(-c5ccccc5)cc4c4cc(-c5ccccc5)ccc43)cccc12. The van der Waals surface area contributed by atoms with Gasteiger partial charge in [0.1, 0.15) is 11.2 Å². The van der Waals surface area contributed by atoms with E-state index in [1.54, 1.807) is 0 Å². The highest BCUT2D eigenvalue weighted by Gasteiger charge is 2.26. The number of rotatable bonds is 8. The zero-order valence-electron chi connectivity index (χ0n) is 56.8. The Bertz CT molecular complexity index is 7270. The largest absolute Gasteiger partial charge is 0.465 e. The van der Waals surface area contributed by atoms with Gasteiger partial charge < -0.3 is 18.0 Å². The van der Waals surface area contributed by atoms with Crippen LogP contribution in [0.5, 0.6) is 0 Å². The van der Waals surface area contributed by atoms with Crippen LogP contribution in [0.15, 0.2) is 349 Å². The molecular formula is C98H56N4O2S2. The normalized spacial score (nSPS) is 11.8. The van der Waals surface area contributed by atoms with Crippen molar-refractivity contribution in [3.8, 4) is 78.1 Å². The van der Waals surface area contributed by atoms with Gasteiger partial charge in [0.15, 0.2) is 11.2 Å². The van der Waals surface area contributed by atoms with Crippen molar-refractivity contribution in [2.45, 2.75) is 0 Å². The summed E-state index contributed by atoms with van der Waals surface area (Å²) in [4.78, 5) is 7.88. The number of nitrogens with zero attached hydrogens (tertiary/aromatic N) is 4. The summed E-state index contributed by atoms with van der Waals surface area (Å²) in [6, 6.07) is 121. The third kappa shape index (κ3) is 9.60. The van der Waals surface area contributed by atoms with E-state index in [1.807, 2.05) is 34.8 Å². The Hall–Kier alpha value is -13.9. The second-order valence-corrected chi connectivity index (χ2v) is 29.2. The Labute approximate surface area is 616 Å². The van der Waals surface area contributed by atoms with Crippen LogP contribution < -0.4 is 0 Å². The van der Waals surface area contributed by atoms with Crippen LogP contribution in [0.3, 0.4) is 0 Å².